The Morgan fingerprint density at radius 1 is 1.14 bits per heavy atom. The molecule has 0 bridgehead atoms. The van der Waals surface area contributed by atoms with E-state index in [2.05, 4.69) is 31.9 Å². The maximum absolute atomic E-state index is 12.4. The zero-order valence-corrected chi connectivity index (χ0v) is 14.6. The summed E-state index contributed by atoms with van der Waals surface area (Å²) in [6.45, 7) is 0. The molecule has 0 aliphatic heterocycles. The van der Waals surface area contributed by atoms with Crippen LogP contribution in [0.1, 0.15) is 5.56 Å². The Morgan fingerprint density at radius 2 is 1.76 bits per heavy atom. The quantitative estimate of drug-likeness (QED) is 0.448. The number of hydrogen-bond acceptors (Lipinski definition) is 4. The second kappa shape index (κ2) is 6.67. The molecule has 0 aliphatic rings. The fourth-order valence-corrected chi connectivity index (χ4v) is 3.73. The average Bonchev–Trinajstić information content (AvgIpc) is 2.40. The maximum atomic E-state index is 12.4. The number of nitrogens with two attached hydrogens (primary N) is 1. The van der Waals surface area contributed by atoms with Gasteiger partial charge in [-0.2, -0.15) is 0 Å². The van der Waals surface area contributed by atoms with Crippen molar-refractivity contribution in [3.63, 3.8) is 0 Å². The first-order valence-electron chi connectivity index (χ1n) is 5.74. The summed E-state index contributed by atoms with van der Waals surface area (Å²) in [7, 11) is -1.45. The van der Waals surface area contributed by atoms with Crippen LogP contribution in [0.15, 0.2) is 50.2 Å². The average molecular weight is 434 g/mol. The molecular weight excluding hydrogens is 424 g/mol. The van der Waals surface area contributed by atoms with Gasteiger partial charge in [0.25, 0.3) is 5.69 Å². The van der Waals surface area contributed by atoms with Gasteiger partial charge < -0.3 is 5.73 Å². The number of nitrogens with zero attached hydrogens (tertiary/aromatic N) is 1. The summed E-state index contributed by atoms with van der Waals surface area (Å²) in [4.78, 5) is 11.0. The highest BCUT2D eigenvalue weighted by Crippen LogP contribution is 2.28. The minimum Gasteiger partial charge on any atom is -0.398 e. The van der Waals surface area contributed by atoms with Gasteiger partial charge in [-0.3, -0.25) is 14.3 Å². The van der Waals surface area contributed by atoms with Crippen LogP contribution < -0.4 is 5.73 Å². The Balaban J connectivity index is 2.34. The third kappa shape index (κ3) is 3.90. The van der Waals surface area contributed by atoms with Gasteiger partial charge in [-0.25, -0.2) is 0 Å². The zero-order valence-electron chi connectivity index (χ0n) is 10.6. The molecule has 0 saturated carbocycles. The lowest BCUT2D eigenvalue weighted by atomic mass is 10.2. The molecule has 0 fully saturated rings. The van der Waals surface area contributed by atoms with E-state index in [1.807, 2.05) is 0 Å². The lowest BCUT2D eigenvalue weighted by Gasteiger charge is -2.07. The third-order valence-corrected chi connectivity index (χ3v) is 5.17. The summed E-state index contributed by atoms with van der Waals surface area (Å²) in [6.07, 6.45) is 0. The topological polar surface area (TPSA) is 86.2 Å². The minimum absolute atomic E-state index is 0.0371. The molecular formula is C13H10Br2N2O3S. The zero-order chi connectivity index (χ0) is 15.6. The van der Waals surface area contributed by atoms with E-state index in [1.54, 1.807) is 30.3 Å². The highest BCUT2D eigenvalue weighted by Gasteiger charge is 2.18. The SMILES string of the molecule is Nc1cc(Br)ccc1S(=O)Cc1ccc(Br)cc1[N+](=O)[O-]. The molecule has 0 aromatic heterocycles. The first kappa shape index (κ1) is 16.1. The number of nitro benzene ring substituents is 1. The van der Waals surface area contributed by atoms with Gasteiger partial charge in [-0.15, -0.1) is 0 Å². The van der Waals surface area contributed by atoms with Crippen LogP contribution in [0, 0.1) is 10.1 Å². The van der Waals surface area contributed by atoms with Crippen LogP contribution in [-0.4, -0.2) is 9.13 Å². The van der Waals surface area contributed by atoms with Crippen molar-refractivity contribution in [2.45, 2.75) is 10.6 Å². The summed E-state index contributed by atoms with van der Waals surface area (Å²) in [5.41, 5.74) is 6.57. The van der Waals surface area contributed by atoms with Crippen molar-refractivity contribution in [3.05, 3.63) is 61.0 Å². The van der Waals surface area contributed by atoms with E-state index < -0.39 is 15.7 Å². The molecule has 5 nitrogen and oxygen atoms in total. The number of hydrogen-bond donors (Lipinski definition) is 1. The predicted octanol–water partition coefficient (Wildman–Crippen LogP) is 4.01. The van der Waals surface area contributed by atoms with E-state index in [-0.39, 0.29) is 11.4 Å². The summed E-state index contributed by atoms with van der Waals surface area (Å²) < 4.78 is 13.8. The van der Waals surface area contributed by atoms with E-state index in [9.17, 15) is 14.3 Å². The van der Waals surface area contributed by atoms with Crippen molar-refractivity contribution in [2.24, 2.45) is 0 Å². The molecule has 0 heterocycles. The van der Waals surface area contributed by atoms with Gasteiger partial charge in [-0.1, -0.05) is 37.9 Å². The van der Waals surface area contributed by atoms with E-state index in [1.165, 1.54) is 6.07 Å². The Bertz CT molecular complexity index is 737. The maximum Gasteiger partial charge on any atom is 0.274 e. The van der Waals surface area contributed by atoms with Gasteiger partial charge in [0.2, 0.25) is 0 Å². The van der Waals surface area contributed by atoms with E-state index in [0.717, 1.165) is 4.47 Å². The molecule has 0 amide bonds. The third-order valence-electron chi connectivity index (χ3n) is 2.75. The summed E-state index contributed by atoms with van der Waals surface area (Å²) in [6, 6.07) is 9.72. The molecule has 1 unspecified atom stereocenters. The molecule has 21 heavy (non-hydrogen) atoms. The van der Waals surface area contributed by atoms with Crippen molar-refractivity contribution in [1.82, 2.24) is 0 Å². The number of anilines is 1. The van der Waals surface area contributed by atoms with Crippen LogP contribution in [0.4, 0.5) is 11.4 Å². The van der Waals surface area contributed by atoms with Crippen molar-refractivity contribution in [3.8, 4) is 0 Å². The molecule has 0 saturated heterocycles. The predicted molar refractivity (Wildman–Crippen MR) is 89.5 cm³/mol. The van der Waals surface area contributed by atoms with Gasteiger partial charge in [0.1, 0.15) is 0 Å². The Kier molecular flexibility index (Phi) is 5.13. The van der Waals surface area contributed by atoms with E-state index >= 15 is 0 Å². The number of nitro groups is 1. The number of rotatable bonds is 4. The van der Waals surface area contributed by atoms with Gasteiger partial charge in [0, 0.05) is 26.3 Å². The molecule has 2 rings (SSSR count). The van der Waals surface area contributed by atoms with Crippen LogP contribution in [0.5, 0.6) is 0 Å². The molecule has 2 N–H and O–H groups in total. The van der Waals surface area contributed by atoms with Crippen LogP contribution in [0.25, 0.3) is 0 Å². The number of halogens is 2. The summed E-state index contributed by atoms with van der Waals surface area (Å²) in [5, 5.41) is 11.1. The van der Waals surface area contributed by atoms with Crippen molar-refractivity contribution < 1.29 is 9.13 Å². The minimum atomic E-state index is -1.45. The number of nitrogen functional groups attached to an aromatic ring is 1. The molecule has 110 valence electrons. The standard InChI is InChI=1S/C13H10Br2N2O3S/c14-9-3-4-13(11(16)5-9)21(20)7-8-1-2-10(15)6-12(8)17(18)19/h1-6H,7,16H2. The fraction of sp³-hybridized carbons (Fsp3) is 0.0769. The first-order chi connectivity index (χ1) is 9.88. The van der Waals surface area contributed by atoms with Crippen molar-refractivity contribution in [2.75, 3.05) is 5.73 Å². The molecule has 0 aliphatic carbocycles. The van der Waals surface area contributed by atoms with Gasteiger partial charge in [0.05, 0.1) is 26.4 Å². The second-order valence-electron chi connectivity index (χ2n) is 4.20. The summed E-state index contributed by atoms with van der Waals surface area (Å²) in [5.74, 6) is 0.0371. The van der Waals surface area contributed by atoms with Crippen LogP contribution in [-0.2, 0) is 16.6 Å². The van der Waals surface area contributed by atoms with Gasteiger partial charge in [-0.05, 0) is 24.3 Å². The largest absolute Gasteiger partial charge is 0.398 e. The monoisotopic (exact) mass is 432 g/mol. The molecule has 0 radical (unpaired) electrons. The van der Waals surface area contributed by atoms with E-state index in [4.69, 9.17) is 5.73 Å². The lowest BCUT2D eigenvalue weighted by molar-refractivity contribution is -0.385. The van der Waals surface area contributed by atoms with Crippen LogP contribution in [0.2, 0.25) is 0 Å². The summed E-state index contributed by atoms with van der Waals surface area (Å²) >= 11 is 6.47. The Labute approximate surface area is 140 Å². The van der Waals surface area contributed by atoms with E-state index in [0.29, 0.717) is 20.6 Å². The normalized spacial score (nSPS) is 12.1. The van der Waals surface area contributed by atoms with Crippen molar-refractivity contribution in [1.29, 1.82) is 0 Å². The molecule has 0 spiro atoms. The Morgan fingerprint density at radius 3 is 2.38 bits per heavy atom. The highest BCUT2D eigenvalue weighted by molar-refractivity contribution is 9.10. The smallest absolute Gasteiger partial charge is 0.274 e. The molecule has 2 aromatic carbocycles. The molecule has 1 atom stereocenters. The number of benzene rings is 2. The van der Waals surface area contributed by atoms with Crippen LogP contribution >= 0.6 is 31.9 Å². The Hall–Kier alpha value is -1.25. The van der Waals surface area contributed by atoms with Crippen molar-refractivity contribution >= 4 is 54.0 Å². The second-order valence-corrected chi connectivity index (χ2v) is 7.45. The van der Waals surface area contributed by atoms with Gasteiger partial charge >= 0.3 is 0 Å². The first-order valence-corrected chi connectivity index (χ1v) is 8.65. The fourth-order valence-electron chi connectivity index (χ4n) is 1.77. The molecule has 2 aromatic rings. The highest BCUT2D eigenvalue weighted by atomic mass is 79.9. The van der Waals surface area contributed by atoms with Gasteiger partial charge in [0.15, 0.2) is 0 Å². The molecule has 8 heteroatoms. The van der Waals surface area contributed by atoms with Crippen LogP contribution in [0.3, 0.4) is 0 Å². The lowest BCUT2D eigenvalue weighted by Crippen LogP contribution is -2.03.